The Morgan fingerprint density at radius 2 is 1.92 bits per heavy atom. The Bertz CT molecular complexity index is 633. The zero-order chi connectivity index (χ0) is 18.2. The van der Waals surface area contributed by atoms with E-state index in [1.54, 1.807) is 6.07 Å². The van der Waals surface area contributed by atoms with Crippen molar-refractivity contribution in [3.63, 3.8) is 0 Å². The van der Waals surface area contributed by atoms with Gasteiger partial charge in [-0.25, -0.2) is 0 Å². The molecular weight excluding hydrogens is 365 g/mol. The highest BCUT2D eigenvalue weighted by molar-refractivity contribution is 5.85. The van der Waals surface area contributed by atoms with Gasteiger partial charge in [0.05, 0.1) is 11.6 Å². The molecule has 3 rings (SSSR count). The van der Waals surface area contributed by atoms with Crippen LogP contribution in [0.15, 0.2) is 24.3 Å². The molecule has 3 atom stereocenters. The van der Waals surface area contributed by atoms with Crippen LogP contribution in [0.1, 0.15) is 62.6 Å². The molecule has 0 bridgehead atoms. The Labute approximate surface area is 158 Å². The molecule has 2 aliphatic rings. The lowest BCUT2D eigenvalue weighted by Gasteiger charge is -2.35. The maximum absolute atomic E-state index is 13.1. The molecule has 26 heavy (non-hydrogen) atoms. The number of alkyl halides is 3. The topological polar surface area (TPSA) is 46.3 Å². The smallest absolute Gasteiger partial charge is 0.333 e. The lowest BCUT2D eigenvalue weighted by atomic mass is 9.84. The van der Waals surface area contributed by atoms with Crippen molar-refractivity contribution >= 4 is 18.3 Å². The van der Waals surface area contributed by atoms with Crippen molar-refractivity contribution in [1.29, 1.82) is 0 Å². The monoisotopic (exact) mass is 390 g/mol. The molecule has 1 aromatic carbocycles. The summed E-state index contributed by atoms with van der Waals surface area (Å²) in [6.45, 7) is 1.83. The van der Waals surface area contributed by atoms with E-state index in [0.717, 1.165) is 38.2 Å². The minimum atomic E-state index is -4.37. The van der Waals surface area contributed by atoms with Gasteiger partial charge >= 0.3 is 6.18 Å². The van der Waals surface area contributed by atoms with Crippen LogP contribution in [0.4, 0.5) is 13.2 Å². The van der Waals surface area contributed by atoms with Gasteiger partial charge in [0.1, 0.15) is 0 Å². The fraction of sp³-hybridized carbons (Fsp3) is 0.632. The molecular formula is C19H26ClF3N2O. The van der Waals surface area contributed by atoms with Gasteiger partial charge in [-0.05, 0) is 56.7 Å². The second kappa shape index (κ2) is 8.17. The van der Waals surface area contributed by atoms with E-state index in [2.05, 4.69) is 0 Å². The molecule has 3 unspecified atom stereocenters. The number of hydrogen-bond acceptors (Lipinski definition) is 2. The van der Waals surface area contributed by atoms with Crippen molar-refractivity contribution in [2.24, 2.45) is 11.7 Å². The highest BCUT2D eigenvalue weighted by atomic mass is 35.5. The summed E-state index contributed by atoms with van der Waals surface area (Å²) in [5.74, 6) is -0.0415. The molecule has 2 saturated carbocycles. The number of benzene rings is 1. The van der Waals surface area contributed by atoms with Crippen LogP contribution in [-0.2, 0) is 11.0 Å². The van der Waals surface area contributed by atoms with E-state index in [-0.39, 0.29) is 42.4 Å². The van der Waals surface area contributed by atoms with Crippen molar-refractivity contribution < 1.29 is 18.0 Å². The lowest BCUT2D eigenvalue weighted by Crippen LogP contribution is -2.43. The third-order valence-electron chi connectivity index (χ3n) is 5.37. The first-order chi connectivity index (χ1) is 11.8. The van der Waals surface area contributed by atoms with Gasteiger partial charge in [0, 0.05) is 18.0 Å². The van der Waals surface area contributed by atoms with Crippen LogP contribution in [0.3, 0.4) is 0 Å². The summed E-state index contributed by atoms with van der Waals surface area (Å²) < 4.78 is 39.0. The summed E-state index contributed by atoms with van der Waals surface area (Å²) in [7, 11) is 0. The van der Waals surface area contributed by atoms with E-state index in [0.29, 0.717) is 12.0 Å². The molecule has 1 amide bonds. The third kappa shape index (κ3) is 4.71. The van der Waals surface area contributed by atoms with Crippen molar-refractivity contribution in [1.82, 2.24) is 4.90 Å². The molecule has 0 aliphatic heterocycles. The van der Waals surface area contributed by atoms with Gasteiger partial charge in [0.2, 0.25) is 5.91 Å². The van der Waals surface area contributed by atoms with Crippen molar-refractivity contribution in [3.05, 3.63) is 35.4 Å². The number of carbonyl (C=O) groups excluding carboxylic acids is 1. The summed E-state index contributed by atoms with van der Waals surface area (Å²) in [5, 5.41) is 0. The Morgan fingerprint density at radius 1 is 1.23 bits per heavy atom. The van der Waals surface area contributed by atoms with E-state index in [9.17, 15) is 18.0 Å². The zero-order valence-electron chi connectivity index (χ0n) is 14.8. The van der Waals surface area contributed by atoms with Gasteiger partial charge in [-0.15, -0.1) is 12.4 Å². The van der Waals surface area contributed by atoms with E-state index < -0.39 is 11.7 Å². The summed E-state index contributed by atoms with van der Waals surface area (Å²) in [6, 6.07) is 5.17. The Morgan fingerprint density at radius 3 is 2.50 bits per heavy atom. The number of halogens is 4. The quantitative estimate of drug-likeness (QED) is 0.810. The first-order valence-electron chi connectivity index (χ1n) is 9.02. The molecule has 3 nitrogen and oxygen atoms in total. The standard InChI is InChI=1S/C19H25F3N2O.ClH/c1-12(13-4-2-6-15(10-13)19(20,21)22)24(17-8-9-17)18(25)14-5-3-7-16(23)11-14;/h2,4,6,10,12,14,16-17H,3,5,7-9,11,23H2,1H3;1H. The van der Waals surface area contributed by atoms with Crippen LogP contribution >= 0.6 is 12.4 Å². The minimum absolute atomic E-state index is 0. The van der Waals surface area contributed by atoms with Crippen molar-refractivity contribution in [2.45, 2.75) is 69.8 Å². The summed E-state index contributed by atoms with van der Waals surface area (Å²) in [4.78, 5) is 14.9. The van der Waals surface area contributed by atoms with Crippen molar-refractivity contribution in [2.75, 3.05) is 0 Å². The predicted octanol–water partition coefficient (Wildman–Crippen LogP) is 4.70. The predicted molar refractivity (Wildman–Crippen MR) is 96.9 cm³/mol. The largest absolute Gasteiger partial charge is 0.416 e. The average Bonchev–Trinajstić information content (AvgIpc) is 3.39. The number of amides is 1. The first-order valence-corrected chi connectivity index (χ1v) is 9.02. The SMILES string of the molecule is CC(c1cccc(C(F)(F)F)c1)N(C(=O)C1CCCC(N)C1)C1CC1.Cl. The van der Waals surface area contributed by atoms with Gasteiger partial charge < -0.3 is 10.6 Å². The molecule has 0 spiro atoms. The van der Waals surface area contributed by atoms with Gasteiger partial charge in [-0.1, -0.05) is 18.6 Å². The van der Waals surface area contributed by atoms with E-state index in [1.165, 1.54) is 12.1 Å². The summed E-state index contributed by atoms with van der Waals surface area (Å²) in [5.41, 5.74) is 5.88. The Balaban J connectivity index is 0.00000243. The molecule has 2 fully saturated rings. The Kier molecular flexibility index (Phi) is 6.61. The van der Waals surface area contributed by atoms with Gasteiger partial charge in [-0.3, -0.25) is 4.79 Å². The van der Waals surface area contributed by atoms with Gasteiger partial charge in [0.25, 0.3) is 0 Å². The minimum Gasteiger partial charge on any atom is -0.333 e. The maximum Gasteiger partial charge on any atom is 0.416 e. The van der Waals surface area contributed by atoms with E-state index >= 15 is 0 Å². The zero-order valence-corrected chi connectivity index (χ0v) is 15.7. The number of nitrogens with two attached hydrogens (primary N) is 1. The molecule has 1 aromatic rings. The lowest BCUT2D eigenvalue weighted by molar-refractivity contribution is -0.139. The first kappa shape index (κ1) is 21.0. The fourth-order valence-electron chi connectivity index (χ4n) is 3.84. The average molecular weight is 391 g/mol. The van der Waals surface area contributed by atoms with Crippen molar-refractivity contribution in [3.8, 4) is 0 Å². The number of carbonyl (C=O) groups is 1. The fourth-order valence-corrected chi connectivity index (χ4v) is 3.84. The van der Waals surface area contributed by atoms with Crippen LogP contribution in [0, 0.1) is 5.92 Å². The highest BCUT2D eigenvalue weighted by Crippen LogP contribution is 2.39. The second-order valence-electron chi connectivity index (χ2n) is 7.40. The molecule has 2 aliphatic carbocycles. The number of rotatable bonds is 4. The van der Waals surface area contributed by atoms with Crippen LogP contribution in [0.25, 0.3) is 0 Å². The second-order valence-corrected chi connectivity index (χ2v) is 7.40. The number of nitrogens with zero attached hydrogens (tertiary/aromatic N) is 1. The summed E-state index contributed by atoms with van der Waals surface area (Å²) >= 11 is 0. The van der Waals surface area contributed by atoms with Crippen LogP contribution < -0.4 is 5.73 Å². The molecule has 0 heterocycles. The molecule has 0 radical (unpaired) electrons. The molecule has 7 heteroatoms. The Hall–Kier alpha value is -1.27. The molecule has 0 aromatic heterocycles. The van der Waals surface area contributed by atoms with Gasteiger partial charge in [0.15, 0.2) is 0 Å². The third-order valence-corrected chi connectivity index (χ3v) is 5.37. The maximum atomic E-state index is 13.1. The molecule has 0 saturated heterocycles. The van der Waals surface area contributed by atoms with E-state index in [1.807, 2.05) is 11.8 Å². The van der Waals surface area contributed by atoms with Crippen LogP contribution in [-0.4, -0.2) is 22.9 Å². The van der Waals surface area contributed by atoms with Crippen LogP contribution in [0.5, 0.6) is 0 Å². The van der Waals surface area contributed by atoms with Crippen LogP contribution in [0.2, 0.25) is 0 Å². The normalized spacial score (nSPS) is 24.5. The van der Waals surface area contributed by atoms with Gasteiger partial charge in [-0.2, -0.15) is 13.2 Å². The molecule has 146 valence electrons. The molecule has 2 N–H and O–H groups in total. The summed E-state index contributed by atoms with van der Waals surface area (Å²) in [6.07, 6.45) is 0.856. The number of hydrogen-bond donors (Lipinski definition) is 1. The highest BCUT2D eigenvalue weighted by Gasteiger charge is 2.40. The van der Waals surface area contributed by atoms with E-state index in [4.69, 9.17) is 5.73 Å².